The van der Waals surface area contributed by atoms with E-state index in [1.807, 2.05) is 12.1 Å². The number of rotatable bonds is 6. The summed E-state index contributed by atoms with van der Waals surface area (Å²) in [5, 5.41) is 0. The van der Waals surface area contributed by atoms with E-state index >= 15 is 0 Å². The first kappa shape index (κ1) is 22.5. The molecule has 35 heavy (non-hydrogen) atoms. The summed E-state index contributed by atoms with van der Waals surface area (Å²) in [5.74, 6) is 0.613. The molecule has 1 saturated heterocycles. The maximum Gasteiger partial charge on any atom is 0.123 e. The molecular weight excluding hydrogens is 503 g/mol. The van der Waals surface area contributed by atoms with Gasteiger partial charge in [-0.1, -0.05) is 77.5 Å². The molecule has 0 amide bonds. The van der Waals surface area contributed by atoms with E-state index < -0.39 is 5.41 Å². The molecule has 1 unspecified atom stereocenters. The lowest BCUT2D eigenvalue weighted by atomic mass is 9.68. The van der Waals surface area contributed by atoms with Gasteiger partial charge >= 0.3 is 0 Å². The molecule has 0 bridgehead atoms. The van der Waals surface area contributed by atoms with Gasteiger partial charge in [0.2, 0.25) is 0 Å². The molecule has 1 aliphatic carbocycles. The monoisotopic (exact) mass is 528 g/mol. The largest absolute Gasteiger partial charge is 0.493 e. The number of ether oxygens (including phenoxy) is 2. The van der Waals surface area contributed by atoms with Crippen LogP contribution in [0.25, 0.3) is 11.1 Å². The zero-order valence-corrected chi connectivity index (χ0v) is 21.1. The van der Waals surface area contributed by atoms with Gasteiger partial charge in [-0.2, -0.15) is 0 Å². The first-order chi connectivity index (χ1) is 17.1. The Morgan fingerprint density at radius 1 is 0.829 bits per heavy atom. The molecule has 1 fully saturated rings. The minimum absolute atomic E-state index is 0.129. The standard InChI is InChI=1S/C31H26BrFO2/c1-2-30(18-34-19-30)20-35-25-14-9-22(10-15-25)31(21-7-12-24(33)13-8-21)28-6-4-3-5-26(28)27-16-11-23(32)17-29(27)31/h3-17H,2,18-20H2,1H3. The summed E-state index contributed by atoms with van der Waals surface area (Å²) in [6, 6.07) is 30.3. The predicted octanol–water partition coefficient (Wildman–Crippen LogP) is 7.76. The Morgan fingerprint density at radius 2 is 1.49 bits per heavy atom. The zero-order valence-electron chi connectivity index (χ0n) is 19.6. The van der Waals surface area contributed by atoms with Crippen LogP contribution in [0, 0.1) is 11.2 Å². The SMILES string of the molecule is CCC1(COc2ccc(C3(c4ccc(F)cc4)c4ccccc4-c4ccc(Br)cc43)cc2)COC1. The fourth-order valence-electron chi connectivity index (χ4n) is 5.56. The lowest BCUT2D eigenvalue weighted by Gasteiger charge is -2.40. The van der Waals surface area contributed by atoms with Crippen molar-refractivity contribution >= 4 is 15.9 Å². The third-order valence-electron chi connectivity index (χ3n) is 7.68. The molecule has 0 spiro atoms. The minimum atomic E-state index is -0.561. The van der Waals surface area contributed by atoms with E-state index in [4.69, 9.17) is 9.47 Å². The second-order valence-electron chi connectivity index (χ2n) is 9.65. The van der Waals surface area contributed by atoms with Crippen molar-refractivity contribution in [2.75, 3.05) is 19.8 Å². The molecular formula is C31H26BrFO2. The van der Waals surface area contributed by atoms with Crippen molar-refractivity contribution in [3.63, 3.8) is 0 Å². The van der Waals surface area contributed by atoms with E-state index in [0.717, 1.165) is 41.0 Å². The third kappa shape index (κ3) is 3.54. The molecule has 2 nitrogen and oxygen atoms in total. The number of hydrogen-bond donors (Lipinski definition) is 0. The highest BCUT2D eigenvalue weighted by molar-refractivity contribution is 9.10. The molecule has 0 saturated carbocycles. The van der Waals surface area contributed by atoms with E-state index in [1.165, 1.54) is 22.3 Å². The van der Waals surface area contributed by atoms with Gasteiger partial charge in [0.1, 0.15) is 11.6 Å². The molecule has 0 radical (unpaired) electrons. The topological polar surface area (TPSA) is 18.5 Å². The van der Waals surface area contributed by atoms with E-state index in [2.05, 4.69) is 89.6 Å². The molecule has 1 heterocycles. The van der Waals surface area contributed by atoms with E-state index in [9.17, 15) is 4.39 Å². The molecule has 6 rings (SSSR count). The Bertz CT molecular complexity index is 1370. The molecule has 1 atom stereocenters. The molecule has 1 aliphatic heterocycles. The molecule has 0 N–H and O–H groups in total. The van der Waals surface area contributed by atoms with Crippen LogP contribution < -0.4 is 4.74 Å². The predicted molar refractivity (Wildman–Crippen MR) is 140 cm³/mol. The van der Waals surface area contributed by atoms with Crippen LogP contribution in [0.1, 0.15) is 35.6 Å². The summed E-state index contributed by atoms with van der Waals surface area (Å²) in [4.78, 5) is 0. The quantitative estimate of drug-likeness (QED) is 0.224. The molecule has 2 aliphatic rings. The maximum absolute atomic E-state index is 14.0. The maximum atomic E-state index is 14.0. The van der Waals surface area contributed by atoms with Crippen LogP contribution in [-0.2, 0) is 10.2 Å². The van der Waals surface area contributed by atoms with Crippen molar-refractivity contribution in [1.29, 1.82) is 0 Å². The van der Waals surface area contributed by atoms with Gasteiger partial charge in [-0.25, -0.2) is 4.39 Å². The van der Waals surface area contributed by atoms with Gasteiger partial charge in [0, 0.05) is 4.47 Å². The first-order valence-electron chi connectivity index (χ1n) is 12.0. The summed E-state index contributed by atoms with van der Waals surface area (Å²) in [6.07, 6.45) is 1.04. The average molecular weight is 529 g/mol. The van der Waals surface area contributed by atoms with Crippen LogP contribution in [0.4, 0.5) is 4.39 Å². The fourth-order valence-corrected chi connectivity index (χ4v) is 5.92. The van der Waals surface area contributed by atoms with Gasteiger partial charge in [-0.05, 0) is 76.2 Å². The highest BCUT2D eigenvalue weighted by Gasteiger charge is 2.46. The van der Waals surface area contributed by atoms with Gasteiger partial charge in [0.15, 0.2) is 0 Å². The van der Waals surface area contributed by atoms with Gasteiger partial charge in [-0.15, -0.1) is 0 Å². The molecule has 4 aromatic rings. The zero-order chi connectivity index (χ0) is 24.0. The van der Waals surface area contributed by atoms with Crippen molar-refractivity contribution in [2.24, 2.45) is 5.41 Å². The number of benzene rings is 4. The molecule has 4 aromatic carbocycles. The summed E-state index contributed by atoms with van der Waals surface area (Å²) in [5.41, 5.74) is 6.51. The van der Waals surface area contributed by atoms with Crippen molar-refractivity contribution in [3.05, 3.63) is 124 Å². The van der Waals surface area contributed by atoms with E-state index in [-0.39, 0.29) is 11.2 Å². The van der Waals surface area contributed by atoms with Gasteiger partial charge in [-0.3, -0.25) is 0 Å². The van der Waals surface area contributed by atoms with Crippen molar-refractivity contribution < 1.29 is 13.9 Å². The summed E-state index contributed by atoms with van der Waals surface area (Å²) in [6.45, 7) is 4.37. The van der Waals surface area contributed by atoms with Gasteiger partial charge in [0.05, 0.1) is 30.7 Å². The Labute approximate surface area is 213 Å². The average Bonchev–Trinajstić information content (AvgIpc) is 3.15. The minimum Gasteiger partial charge on any atom is -0.493 e. The van der Waals surface area contributed by atoms with Crippen molar-refractivity contribution in [3.8, 4) is 16.9 Å². The van der Waals surface area contributed by atoms with Crippen LogP contribution in [0.15, 0.2) is 95.5 Å². The van der Waals surface area contributed by atoms with Crippen LogP contribution in [-0.4, -0.2) is 19.8 Å². The molecule has 0 aromatic heterocycles. The molecule has 176 valence electrons. The lowest BCUT2D eigenvalue weighted by molar-refractivity contribution is -0.133. The number of hydrogen-bond acceptors (Lipinski definition) is 2. The smallest absolute Gasteiger partial charge is 0.123 e. The number of halogens is 2. The Kier molecular flexibility index (Phi) is 5.54. The van der Waals surface area contributed by atoms with E-state index in [1.54, 1.807) is 12.1 Å². The molecule has 4 heteroatoms. The highest BCUT2D eigenvalue weighted by Crippen LogP contribution is 2.56. The lowest BCUT2D eigenvalue weighted by Crippen LogP contribution is -2.46. The van der Waals surface area contributed by atoms with Crippen LogP contribution in [0.2, 0.25) is 0 Å². The van der Waals surface area contributed by atoms with Crippen molar-refractivity contribution in [1.82, 2.24) is 0 Å². The van der Waals surface area contributed by atoms with Gasteiger partial charge in [0.25, 0.3) is 0 Å². The first-order valence-corrected chi connectivity index (χ1v) is 12.8. The summed E-state index contributed by atoms with van der Waals surface area (Å²) < 4.78 is 26.7. The van der Waals surface area contributed by atoms with E-state index in [0.29, 0.717) is 6.61 Å². The Morgan fingerprint density at radius 3 is 2.14 bits per heavy atom. The second kappa shape index (κ2) is 8.61. The van der Waals surface area contributed by atoms with Crippen LogP contribution >= 0.6 is 15.9 Å². The Hall–Kier alpha value is -2.95. The van der Waals surface area contributed by atoms with Crippen LogP contribution in [0.3, 0.4) is 0 Å². The normalized spacial score (nSPS) is 19.5. The summed E-state index contributed by atoms with van der Waals surface area (Å²) >= 11 is 3.70. The summed E-state index contributed by atoms with van der Waals surface area (Å²) in [7, 11) is 0. The number of fused-ring (bicyclic) bond motifs is 3. The Balaban J connectivity index is 1.50. The highest BCUT2D eigenvalue weighted by atomic mass is 79.9. The van der Waals surface area contributed by atoms with Gasteiger partial charge < -0.3 is 9.47 Å². The van der Waals surface area contributed by atoms with Crippen molar-refractivity contribution in [2.45, 2.75) is 18.8 Å². The third-order valence-corrected chi connectivity index (χ3v) is 8.18. The van der Waals surface area contributed by atoms with Crippen LogP contribution in [0.5, 0.6) is 5.75 Å². The fraction of sp³-hybridized carbons (Fsp3) is 0.226. The second-order valence-corrected chi connectivity index (χ2v) is 10.6.